The van der Waals surface area contributed by atoms with E-state index >= 15 is 0 Å². The number of nitrogens with zero attached hydrogens (tertiary/aromatic N) is 1. The molecule has 1 aliphatic heterocycles. The minimum Gasteiger partial charge on any atom is -0.487 e. The predicted molar refractivity (Wildman–Crippen MR) is 139 cm³/mol. The van der Waals surface area contributed by atoms with Gasteiger partial charge < -0.3 is 9.47 Å². The molecule has 0 bridgehead atoms. The average molecular weight is 560 g/mol. The summed E-state index contributed by atoms with van der Waals surface area (Å²) >= 11 is 18.8. The highest BCUT2D eigenvalue weighted by atomic mass is 35.5. The van der Waals surface area contributed by atoms with Crippen molar-refractivity contribution in [3.05, 3.63) is 98.0 Å². The van der Waals surface area contributed by atoms with Crippen molar-refractivity contribution in [1.82, 2.24) is 5.32 Å². The first-order valence-corrected chi connectivity index (χ1v) is 11.8. The van der Waals surface area contributed by atoms with Crippen molar-refractivity contribution in [2.45, 2.75) is 6.61 Å². The molecule has 188 valence electrons. The van der Waals surface area contributed by atoms with Crippen molar-refractivity contribution in [3.8, 4) is 5.75 Å². The van der Waals surface area contributed by atoms with E-state index in [1.807, 2.05) is 0 Å². The summed E-state index contributed by atoms with van der Waals surface area (Å²) < 4.78 is 10.5. The molecule has 0 aromatic heterocycles. The van der Waals surface area contributed by atoms with Gasteiger partial charge in [-0.1, -0.05) is 53.0 Å². The average Bonchev–Trinajstić information content (AvgIpc) is 2.86. The van der Waals surface area contributed by atoms with Crippen LogP contribution in [-0.4, -0.2) is 30.9 Å². The molecule has 3 aromatic carbocycles. The molecule has 0 spiro atoms. The third-order valence-electron chi connectivity index (χ3n) is 5.32. The lowest BCUT2D eigenvalue weighted by atomic mass is 10.1. The second-order valence-corrected chi connectivity index (χ2v) is 8.93. The Kier molecular flexibility index (Phi) is 7.83. The maximum atomic E-state index is 13.3. The lowest BCUT2D eigenvalue weighted by Crippen LogP contribution is -2.54. The number of anilines is 1. The van der Waals surface area contributed by atoms with Crippen LogP contribution in [0.1, 0.15) is 21.5 Å². The zero-order valence-electron chi connectivity index (χ0n) is 19.1. The maximum Gasteiger partial charge on any atom is 0.337 e. The number of nitrogens with one attached hydrogen (secondary N) is 1. The summed E-state index contributed by atoms with van der Waals surface area (Å²) in [5.41, 5.74) is 0.910. The van der Waals surface area contributed by atoms with Gasteiger partial charge in [0.1, 0.15) is 17.9 Å². The highest BCUT2D eigenvalue weighted by Crippen LogP contribution is 2.35. The monoisotopic (exact) mass is 558 g/mol. The third-order valence-corrected chi connectivity index (χ3v) is 6.18. The second kappa shape index (κ2) is 11.0. The first-order valence-electron chi connectivity index (χ1n) is 10.6. The van der Waals surface area contributed by atoms with Crippen LogP contribution in [0.5, 0.6) is 5.75 Å². The third kappa shape index (κ3) is 5.61. The number of urea groups is 1. The number of barbiturate groups is 1. The largest absolute Gasteiger partial charge is 0.487 e. The van der Waals surface area contributed by atoms with Gasteiger partial charge in [0.25, 0.3) is 11.8 Å². The summed E-state index contributed by atoms with van der Waals surface area (Å²) in [6.07, 6.45) is 1.24. The number of benzene rings is 3. The lowest BCUT2D eigenvalue weighted by Gasteiger charge is -2.26. The maximum absolute atomic E-state index is 13.3. The van der Waals surface area contributed by atoms with Gasteiger partial charge >= 0.3 is 12.0 Å². The van der Waals surface area contributed by atoms with Crippen LogP contribution < -0.4 is 15.0 Å². The number of amides is 4. The molecule has 1 aliphatic rings. The van der Waals surface area contributed by atoms with Gasteiger partial charge in [0.15, 0.2) is 0 Å². The quantitative estimate of drug-likeness (QED) is 0.237. The molecule has 4 amide bonds. The number of hydrogen-bond donors (Lipinski definition) is 1. The minimum absolute atomic E-state index is 0.0501. The smallest absolute Gasteiger partial charge is 0.337 e. The topological polar surface area (TPSA) is 102 Å². The van der Waals surface area contributed by atoms with Crippen LogP contribution in [0.4, 0.5) is 10.5 Å². The Morgan fingerprint density at radius 3 is 2.35 bits per heavy atom. The number of halogens is 3. The highest BCUT2D eigenvalue weighted by Gasteiger charge is 2.37. The molecule has 4 rings (SSSR count). The van der Waals surface area contributed by atoms with E-state index in [1.54, 1.807) is 24.3 Å². The SMILES string of the molecule is COC(=O)c1ccc(N2C(=O)NC(=O)/C(=C\c3cc(Cl)cc(Cl)c3OCc3ccccc3Cl)C2=O)cc1. The van der Waals surface area contributed by atoms with Gasteiger partial charge in [-0.25, -0.2) is 14.5 Å². The number of carbonyl (C=O) groups excluding carboxylic acids is 4. The van der Waals surface area contributed by atoms with E-state index in [-0.39, 0.29) is 44.8 Å². The van der Waals surface area contributed by atoms with Gasteiger partial charge in [-0.3, -0.25) is 14.9 Å². The molecule has 0 atom stereocenters. The molecule has 11 heteroatoms. The summed E-state index contributed by atoms with van der Waals surface area (Å²) in [7, 11) is 1.23. The van der Waals surface area contributed by atoms with E-state index in [4.69, 9.17) is 39.5 Å². The zero-order valence-corrected chi connectivity index (χ0v) is 21.4. The van der Waals surface area contributed by atoms with Crippen LogP contribution in [0.2, 0.25) is 15.1 Å². The summed E-state index contributed by atoms with van der Waals surface area (Å²) in [6.45, 7) is 0.0501. The molecule has 1 heterocycles. The van der Waals surface area contributed by atoms with Gasteiger partial charge in [0, 0.05) is 21.2 Å². The van der Waals surface area contributed by atoms with Crippen molar-refractivity contribution in [2.24, 2.45) is 0 Å². The molecule has 1 saturated heterocycles. The standard InChI is InChI=1S/C26H17Cl3N2O6/c1-36-25(34)14-6-8-18(9-7-14)31-24(33)19(23(32)30-26(31)35)11-16-10-17(27)12-21(29)22(16)37-13-15-4-2-3-5-20(15)28/h2-12H,13H2,1H3,(H,30,32,35)/b19-11+. The molecular formula is C26H17Cl3N2O6. The van der Waals surface area contributed by atoms with Gasteiger partial charge in [0.05, 0.1) is 23.4 Å². The zero-order chi connectivity index (χ0) is 26.7. The number of carbonyl (C=O) groups is 4. The van der Waals surface area contributed by atoms with Gasteiger partial charge in [0.2, 0.25) is 0 Å². The fraction of sp³-hybridized carbons (Fsp3) is 0.0769. The van der Waals surface area contributed by atoms with Crippen molar-refractivity contribution >= 4 is 70.4 Å². The van der Waals surface area contributed by atoms with Crippen LogP contribution in [0.15, 0.2) is 66.2 Å². The van der Waals surface area contributed by atoms with E-state index in [1.165, 1.54) is 49.6 Å². The van der Waals surface area contributed by atoms with Crippen LogP contribution in [0, 0.1) is 0 Å². The molecule has 3 aromatic rings. The molecular weight excluding hydrogens is 543 g/mol. The normalized spacial score (nSPS) is 14.5. The number of esters is 1. The fourth-order valence-corrected chi connectivity index (χ4v) is 4.27. The first kappa shape index (κ1) is 26.2. The van der Waals surface area contributed by atoms with E-state index in [0.29, 0.717) is 10.6 Å². The van der Waals surface area contributed by atoms with Gasteiger partial charge in [-0.15, -0.1) is 0 Å². The number of methoxy groups -OCH3 is 1. The highest BCUT2D eigenvalue weighted by molar-refractivity contribution is 6.40. The van der Waals surface area contributed by atoms with Gasteiger partial charge in [-0.05, 0) is 48.5 Å². The van der Waals surface area contributed by atoms with E-state index in [2.05, 4.69) is 10.1 Å². The molecule has 37 heavy (non-hydrogen) atoms. The van der Waals surface area contributed by atoms with Crippen LogP contribution in [0.3, 0.4) is 0 Å². The Morgan fingerprint density at radius 2 is 1.68 bits per heavy atom. The van der Waals surface area contributed by atoms with Crippen LogP contribution >= 0.6 is 34.8 Å². The number of rotatable bonds is 6. The van der Waals surface area contributed by atoms with Crippen LogP contribution in [0.25, 0.3) is 6.08 Å². The summed E-state index contributed by atoms with van der Waals surface area (Å²) in [5, 5.41) is 3.00. The Labute approximate surface area is 226 Å². The Hall–Kier alpha value is -3.85. The number of ether oxygens (including phenoxy) is 2. The summed E-state index contributed by atoms with van der Waals surface area (Å²) in [5.74, 6) is -2.23. The first-order chi connectivity index (χ1) is 17.7. The number of hydrogen-bond acceptors (Lipinski definition) is 6. The Morgan fingerprint density at radius 1 is 0.973 bits per heavy atom. The fourth-order valence-electron chi connectivity index (χ4n) is 3.52. The van der Waals surface area contributed by atoms with E-state index in [9.17, 15) is 19.2 Å². The van der Waals surface area contributed by atoms with E-state index < -0.39 is 23.8 Å². The molecule has 0 aliphatic carbocycles. The van der Waals surface area contributed by atoms with Gasteiger partial charge in [-0.2, -0.15) is 0 Å². The number of imide groups is 2. The van der Waals surface area contributed by atoms with Crippen molar-refractivity contribution in [3.63, 3.8) is 0 Å². The summed E-state index contributed by atoms with van der Waals surface area (Å²) in [6, 6.07) is 14.6. The predicted octanol–water partition coefficient (Wildman–Crippen LogP) is 5.68. The summed E-state index contributed by atoms with van der Waals surface area (Å²) in [4.78, 5) is 50.9. The molecule has 0 saturated carbocycles. The van der Waals surface area contributed by atoms with Crippen molar-refractivity contribution in [2.75, 3.05) is 12.0 Å². The lowest BCUT2D eigenvalue weighted by molar-refractivity contribution is -0.122. The second-order valence-electron chi connectivity index (χ2n) is 7.68. The Balaban J connectivity index is 1.70. The molecule has 1 fully saturated rings. The molecule has 0 unspecified atom stereocenters. The minimum atomic E-state index is -0.947. The van der Waals surface area contributed by atoms with Crippen molar-refractivity contribution < 1.29 is 28.7 Å². The Bertz CT molecular complexity index is 1450. The van der Waals surface area contributed by atoms with E-state index in [0.717, 1.165) is 4.90 Å². The molecule has 1 N–H and O–H groups in total. The molecule has 8 nitrogen and oxygen atoms in total. The molecule has 0 radical (unpaired) electrons. The van der Waals surface area contributed by atoms with Crippen LogP contribution in [-0.2, 0) is 20.9 Å². The van der Waals surface area contributed by atoms with Crippen molar-refractivity contribution in [1.29, 1.82) is 0 Å².